The summed E-state index contributed by atoms with van der Waals surface area (Å²) in [4.78, 5) is 28.5. The third-order valence-electron chi connectivity index (χ3n) is 4.52. The van der Waals surface area contributed by atoms with Gasteiger partial charge in [-0.15, -0.1) is 0 Å². The van der Waals surface area contributed by atoms with Gasteiger partial charge in [-0.25, -0.2) is 0 Å². The van der Waals surface area contributed by atoms with Crippen LogP contribution in [0, 0.1) is 0 Å². The van der Waals surface area contributed by atoms with Crippen LogP contribution in [0.5, 0.6) is 0 Å². The molecule has 0 aromatic heterocycles. The van der Waals surface area contributed by atoms with Crippen molar-refractivity contribution in [2.24, 2.45) is 0 Å². The topological polar surface area (TPSA) is 70.1 Å². The molecular formula is C17H22N2O4. The molecule has 0 aliphatic carbocycles. The molecule has 6 heteroatoms. The van der Waals surface area contributed by atoms with Crippen LogP contribution in [-0.2, 0) is 16.0 Å². The Morgan fingerprint density at radius 2 is 2.13 bits per heavy atom. The number of benzene rings is 1. The van der Waals surface area contributed by atoms with Gasteiger partial charge >= 0.3 is 0 Å². The Balaban J connectivity index is 1.67. The Morgan fingerprint density at radius 3 is 2.96 bits per heavy atom. The Labute approximate surface area is 135 Å². The third kappa shape index (κ3) is 3.38. The second-order valence-electron chi connectivity index (χ2n) is 5.96. The highest BCUT2D eigenvalue weighted by Crippen LogP contribution is 2.19. The van der Waals surface area contributed by atoms with E-state index in [1.807, 2.05) is 24.3 Å². The van der Waals surface area contributed by atoms with Crippen molar-refractivity contribution < 1.29 is 19.4 Å². The summed E-state index contributed by atoms with van der Waals surface area (Å²) in [5.74, 6) is -0.147. The number of amides is 2. The van der Waals surface area contributed by atoms with E-state index in [9.17, 15) is 9.59 Å². The molecule has 6 nitrogen and oxygen atoms in total. The first-order chi connectivity index (χ1) is 11.2. The number of carbonyl (C=O) groups excluding carboxylic acids is 2. The first-order valence-corrected chi connectivity index (χ1v) is 8.06. The summed E-state index contributed by atoms with van der Waals surface area (Å²) >= 11 is 0. The molecule has 1 aromatic rings. The van der Waals surface area contributed by atoms with Crippen LogP contribution >= 0.6 is 0 Å². The average molecular weight is 318 g/mol. The molecule has 1 atom stereocenters. The summed E-state index contributed by atoms with van der Waals surface area (Å²) in [5, 5.41) is 9.13. The van der Waals surface area contributed by atoms with E-state index in [1.165, 1.54) is 0 Å². The molecule has 3 rings (SSSR count). The zero-order chi connectivity index (χ0) is 16.2. The Bertz CT molecular complexity index is 588. The minimum absolute atomic E-state index is 0.0217. The van der Waals surface area contributed by atoms with Crippen molar-refractivity contribution in [1.82, 2.24) is 9.80 Å². The second-order valence-corrected chi connectivity index (χ2v) is 5.96. The standard InChI is InChI=1S/C17H22N2O4/c20-9-6-14-12-23-10-8-19(14)16(21)11-18-7-5-13-3-1-2-4-15(13)17(18)22/h1-4,14,20H,5-12H2. The van der Waals surface area contributed by atoms with E-state index in [0.717, 1.165) is 12.0 Å². The van der Waals surface area contributed by atoms with E-state index in [0.29, 0.717) is 38.3 Å². The molecule has 1 saturated heterocycles. The molecule has 1 unspecified atom stereocenters. The number of hydrogen-bond donors (Lipinski definition) is 1. The van der Waals surface area contributed by atoms with Gasteiger partial charge in [0.1, 0.15) is 6.54 Å². The van der Waals surface area contributed by atoms with Crippen molar-refractivity contribution in [3.05, 3.63) is 35.4 Å². The molecule has 2 aliphatic rings. The maximum atomic E-state index is 12.6. The predicted molar refractivity (Wildman–Crippen MR) is 84.1 cm³/mol. The first kappa shape index (κ1) is 16.0. The molecule has 1 fully saturated rings. The highest BCUT2D eigenvalue weighted by atomic mass is 16.5. The Kier molecular flexibility index (Phi) is 4.93. The lowest BCUT2D eigenvalue weighted by Crippen LogP contribution is -2.53. The Hall–Kier alpha value is -1.92. The number of hydrogen-bond acceptors (Lipinski definition) is 4. The van der Waals surface area contributed by atoms with E-state index < -0.39 is 0 Å². The van der Waals surface area contributed by atoms with Crippen LogP contribution in [0.3, 0.4) is 0 Å². The molecule has 124 valence electrons. The van der Waals surface area contributed by atoms with Crippen LogP contribution in [0.1, 0.15) is 22.3 Å². The van der Waals surface area contributed by atoms with Crippen LogP contribution in [0.2, 0.25) is 0 Å². The SMILES string of the molecule is O=C1c2ccccc2CCN1CC(=O)N1CCOCC1CCO. The molecule has 2 heterocycles. The molecule has 2 amide bonds. The van der Waals surface area contributed by atoms with Crippen LogP contribution in [0.4, 0.5) is 0 Å². The largest absolute Gasteiger partial charge is 0.396 e. The van der Waals surface area contributed by atoms with E-state index in [4.69, 9.17) is 9.84 Å². The first-order valence-electron chi connectivity index (χ1n) is 8.06. The fourth-order valence-electron chi connectivity index (χ4n) is 3.25. The van der Waals surface area contributed by atoms with E-state index in [2.05, 4.69) is 0 Å². The number of aliphatic hydroxyl groups excluding tert-OH is 1. The summed E-state index contributed by atoms with van der Waals surface area (Å²) in [6.07, 6.45) is 1.28. The number of ether oxygens (including phenoxy) is 1. The highest BCUT2D eigenvalue weighted by molar-refractivity contribution is 5.98. The number of morpholine rings is 1. The zero-order valence-corrected chi connectivity index (χ0v) is 13.1. The van der Waals surface area contributed by atoms with Gasteiger partial charge in [0, 0.05) is 25.3 Å². The van der Waals surface area contributed by atoms with Crippen LogP contribution in [0.15, 0.2) is 24.3 Å². The summed E-state index contributed by atoms with van der Waals surface area (Å²) in [7, 11) is 0. The Morgan fingerprint density at radius 1 is 1.30 bits per heavy atom. The summed E-state index contributed by atoms with van der Waals surface area (Å²) in [6, 6.07) is 7.46. The van der Waals surface area contributed by atoms with Crippen molar-refractivity contribution in [3.8, 4) is 0 Å². The quantitative estimate of drug-likeness (QED) is 0.866. The maximum Gasteiger partial charge on any atom is 0.254 e. The fraction of sp³-hybridized carbons (Fsp3) is 0.529. The van der Waals surface area contributed by atoms with Crippen molar-refractivity contribution in [1.29, 1.82) is 0 Å². The molecule has 23 heavy (non-hydrogen) atoms. The smallest absolute Gasteiger partial charge is 0.254 e. The molecule has 2 aliphatic heterocycles. The molecule has 0 radical (unpaired) electrons. The van der Waals surface area contributed by atoms with Gasteiger partial charge in [0.2, 0.25) is 5.91 Å². The third-order valence-corrected chi connectivity index (χ3v) is 4.52. The van der Waals surface area contributed by atoms with Crippen LogP contribution < -0.4 is 0 Å². The normalized spacial score (nSPS) is 21.3. The molecule has 0 bridgehead atoms. The maximum absolute atomic E-state index is 12.6. The number of rotatable bonds is 4. The van der Waals surface area contributed by atoms with Gasteiger partial charge in [0.25, 0.3) is 5.91 Å². The van der Waals surface area contributed by atoms with Gasteiger partial charge < -0.3 is 19.6 Å². The lowest BCUT2D eigenvalue weighted by molar-refractivity contribution is -0.141. The molecule has 0 saturated carbocycles. The molecule has 1 aromatic carbocycles. The van der Waals surface area contributed by atoms with Crippen molar-refractivity contribution in [2.45, 2.75) is 18.9 Å². The lowest BCUT2D eigenvalue weighted by Gasteiger charge is -2.37. The summed E-state index contributed by atoms with van der Waals surface area (Å²) in [5.41, 5.74) is 1.74. The van der Waals surface area contributed by atoms with Crippen LogP contribution in [-0.4, -0.2) is 72.2 Å². The van der Waals surface area contributed by atoms with E-state index >= 15 is 0 Å². The molecule has 0 spiro atoms. The fourth-order valence-corrected chi connectivity index (χ4v) is 3.25. The van der Waals surface area contributed by atoms with Crippen molar-refractivity contribution >= 4 is 11.8 Å². The van der Waals surface area contributed by atoms with Gasteiger partial charge in [-0.2, -0.15) is 0 Å². The zero-order valence-electron chi connectivity index (χ0n) is 13.1. The van der Waals surface area contributed by atoms with E-state index in [1.54, 1.807) is 9.80 Å². The minimum Gasteiger partial charge on any atom is -0.396 e. The van der Waals surface area contributed by atoms with Gasteiger partial charge in [0.05, 0.1) is 19.3 Å². The minimum atomic E-state index is -0.103. The molecule has 1 N–H and O–H groups in total. The van der Waals surface area contributed by atoms with Crippen molar-refractivity contribution in [2.75, 3.05) is 39.5 Å². The summed E-state index contributed by atoms with van der Waals surface area (Å²) < 4.78 is 5.39. The summed E-state index contributed by atoms with van der Waals surface area (Å²) in [6.45, 7) is 2.15. The van der Waals surface area contributed by atoms with Gasteiger partial charge in [-0.3, -0.25) is 9.59 Å². The number of aliphatic hydroxyl groups is 1. The highest BCUT2D eigenvalue weighted by Gasteiger charge is 2.31. The van der Waals surface area contributed by atoms with Gasteiger partial charge in [0.15, 0.2) is 0 Å². The van der Waals surface area contributed by atoms with Gasteiger partial charge in [-0.1, -0.05) is 18.2 Å². The lowest BCUT2D eigenvalue weighted by atomic mass is 9.99. The predicted octanol–water partition coefficient (Wildman–Crippen LogP) is 0.295. The number of carbonyl (C=O) groups is 2. The molecular weight excluding hydrogens is 296 g/mol. The number of fused-ring (bicyclic) bond motifs is 1. The monoisotopic (exact) mass is 318 g/mol. The second kappa shape index (κ2) is 7.10. The van der Waals surface area contributed by atoms with Crippen molar-refractivity contribution in [3.63, 3.8) is 0 Å². The van der Waals surface area contributed by atoms with E-state index in [-0.39, 0.29) is 31.0 Å². The average Bonchev–Trinajstić information content (AvgIpc) is 2.58. The van der Waals surface area contributed by atoms with Gasteiger partial charge in [-0.05, 0) is 24.5 Å². The number of nitrogens with zero attached hydrogens (tertiary/aromatic N) is 2. The van der Waals surface area contributed by atoms with Crippen LogP contribution in [0.25, 0.3) is 0 Å².